The van der Waals surface area contributed by atoms with Gasteiger partial charge in [-0.15, -0.1) is 11.3 Å². The third-order valence-corrected chi connectivity index (χ3v) is 4.01. The standard InChI is InChI=1S/C13H13ClN2O3S/c1-13(2,12(18)19)5-9(17)16-10-7(14)3-4-8-11(10)15-6-20-8/h3-4,6H,5H2,1-2H3,(H,16,17)(H,18,19). The van der Waals surface area contributed by atoms with Crippen LogP contribution in [0.4, 0.5) is 5.69 Å². The fourth-order valence-electron chi connectivity index (χ4n) is 1.69. The summed E-state index contributed by atoms with van der Waals surface area (Å²) in [5.74, 6) is -1.43. The van der Waals surface area contributed by atoms with Crippen molar-refractivity contribution in [2.24, 2.45) is 5.41 Å². The minimum Gasteiger partial charge on any atom is -0.481 e. The molecular weight excluding hydrogens is 300 g/mol. The van der Waals surface area contributed by atoms with E-state index in [1.807, 2.05) is 6.07 Å². The monoisotopic (exact) mass is 312 g/mol. The van der Waals surface area contributed by atoms with Gasteiger partial charge in [0.25, 0.3) is 0 Å². The van der Waals surface area contributed by atoms with Gasteiger partial charge in [-0.2, -0.15) is 0 Å². The molecule has 106 valence electrons. The molecule has 0 radical (unpaired) electrons. The number of thiazole rings is 1. The van der Waals surface area contributed by atoms with E-state index < -0.39 is 17.3 Å². The second-order valence-electron chi connectivity index (χ2n) is 5.04. The zero-order valence-corrected chi connectivity index (χ0v) is 12.5. The van der Waals surface area contributed by atoms with E-state index in [0.717, 1.165) is 4.70 Å². The van der Waals surface area contributed by atoms with Crippen molar-refractivity contribution < 1.29 is 14.7 Å². The van der Waals surface area contributed by atoms with Crippen LogP contribution in [-0.2, 0) is 9.59 Å². The van der Waals surface area contributed by atoms with Crippen molar-refractivity contribution in [3.8, 4) is 0 Å². The van der Waals surface area contributed by atoms with Crippen LogP contribution >= 0.6 is 22.9 Å². The molecule has 5 nitrogen and oxygen atoms in total. The first-order valence-corrected chi connectivity index (χ1v) is 7.12. The first kappa shape index (κ1) is 14.7. The lowest BCUT2D eigenvalue weighted by Gasteiger charge is -2.18. The van der Waals surface area contributed by atoms with Crippen molar-refractivity contribution in [2.45, 2.75) is 20.3 Å². The lowest BCUT2D eigenvalue weighted by Crippen LogP contribution is -2.29. The van der Waals surface area contributed by atoms with Gasteiger partial charge in [-0.3, -0.25) is 9.59 Å². The summed E-state index contributed by atoms with van der Waals surface area (Å²) < 4.78 is 0.905. The summed E-state index contributed by atoms with van der Waals surface area (Å²) in [6.45, 7) is 3.00. The van der Waals surface area contributed by atoms with Crippen molar-refractivity contribution in [3.05, 3.63) is 22.7 Å². The molecule has 0 fully saturated rings. The summed E-state index contributed by atoms with van der Waals surface area (Å²) in [5.41, 5.74) is 1.57. The SMILES string of the molecule is CC(C)(CC(=O)Nc1c(Cl)ccc2scnc12)C(=O)O. The molecule has 0 bridgehead atoms. The molecule has 2 rings (SSSR count). The maximum absolute atomic E-state index is 12.0. The number of nitrogens with one attached hydrogen (secondary N) is 1. The van der Waals surface area contributed by atoms with Crippen molar-refractivity contribution in [2.75, 3.05) is 5.32 Å². The minimum absolute atomic E-state index is 0.140. The molecule has 1 aromatic carbocycles. The molecule has 0 saturated heterocycles. The highest BCUT2D eigenvalue weighted by Gasteiger charge is 2.30. The summed E-state index contributed by atoms with van der Waals surface area (Å²) in [6.07, 6.45) is -0.140. The molecule has 7 heteroatoms. The average molecular weight is 313 g/mol. The van der Waals surface area contributed by atoms with Crippen LogP contribution in [0.1, 0.15) is 20.3 Å². The van der Waals surface area contributed by atoms with Crippen LogP contribution in [0.25, 0.3) is 10.2 Å². The summed E-state index contributed by atoms with van der Waals surface area (Å²) in [4.78, 5) is 27.2. The van der Waals surface area contributed by atoms with E-state index in [4.69, 9.17) is 16.7 Å². The van der Waals surface area contributed by atoms with Gasteiger partial charge in [-0.05, 0) is 26.0 Å². The molecular formula is C13H13ClN2O3S. The van der Waals surface area contributed by atoms with Crippen LogP contribution in [0.2, 0.25) is 5.02 Å². The van der Waals surface area contributed by atoms with Gasteiger partial charge in [0.05, 0.1) is 26.3 Å². The Morgan fingerprint density at radius 3 is 2.80 bits per heavy atom. The zero-order valence-electron chi connectivity index (χ0n) is 10.9. The molecule has 0 saturated carbocycles. The molecule has 1 heterocycles. The van der Waals surface area contributed by atoms with Crippen molar-refractivity contribution in [3.63, 3.8) is 0 Å². The lowest BCUT2D eigenvalue weighted by atomic mass is 9.89. The molecule has 0 unspecified atom stereocenters. The van der Waals surface area contributed by atoms with Crippen LogP contribution < -0.4 is 5.32 Å². The number of hydrogen-bond acceptors (Lipinski definition) is 4. The zero-order chi connectivity index (χ0) is 14.9. The smallest absolute Gasteiger partial charge is 0.309 e. The van der Waals surface area contributed by atoms with Crippen LogP contribution in [0.5, 0.6) is 0 Å². The Balaban J connectivity index is 2.24. The molecule has 2 aromatic rings. The number of aromatic nitrogens is 1. The number of carbonyl (C=O) groups excluding carboxylic acids is 1. The quantitative estimate of drug-likeness (QED) is 0.907. The lowest BCUT2D eigenvalue weighted by molar-refractivity contribution is -0.148. The number of amides is 1. The van der Waals surface area contributed by atoms with Gasteiger partial charge in [0.15, 0.2) is 0 Å². The van der Waals surface area contributed by atoms with Crippen LogP contribution in [0.3, 0.4) is 0 Å². The number of fused-ring (bicyclic) bond motifs is 1. The Hall–Kier alpha value is -1.66. The minimum atomic E-state index is -1.13. The number of halogens is 1. The van der Waals surface area contributed by atoms with E-state index in [-0.39, 0.29) is 6.42 Å². The Kier molecular flexibility index (Phi) is 3.96. The number of carboxylic acid groups (broad SMARTS) is 1. The Labute approximate surface area is 124 Å². The highest BCUT2D eigenvalue weighted by Crippen LogP contribution is 2.33. The molecule has 0 aliphatic rings. The molecule has 0 aliphatic heterocycles. The highest BCUT2D eigenvalue weighted by atomic mass is 35.5. The molecule has 1 amide bonds. The maximum atomic E-state index is 12.0. The topological polar surface area (TPSA) is 79.3 Å². The summed E-state index contributed by atoms with van der Waals surface area (Å²) in [7, 11) is 0. The molecule has 0 aliphatic carbocycles. The molecule has 0 spiro atoms. The van der Waals surface area contributed by atoms with Crippen molar-refractivity contribution in [1.82, 2.24) is 4.98 Å². The van der Waals surface area contributed by atoms with Crippen LogP contribution in [0, 0.1) is 5.41 Å². The van der Waals surface area contributed by atoms with Crippen molar-refractivity contribution >= 4 is 50.7 Å². The number of benzene rings is 1. The third-order valence-electron chi connectivity index (χ3n) is 2.90. The van der Waals surface area contributed by atoms with Gasteiger partial charge in [0, 0.05) is 6.42 Å². The molecule has 0 atom stereocenters. The molecule has 1 aromatic heterocycles. The van der Waals surface area contributed by atoms with Crippen LogP contribution in [0.15, 0.2) is 17.6 Å². The fraction of sp³-hybridized carbons (Fsp3) is 0.308. The van der Waals surface area contributed by atoms with E-state index >= 15 is 0 Å². The molecule has 20 heavy (non-hydrogen) atoms. The first-order valence-electron chi connectivity index (χ1n) is 5.86. The number of carbonyl (C=O) groups is 2. The molecule has 2 N–H and O–H groups in total. The summed E-state index contributed by atoms with van der Waals surface area (Å²) >= 11 is 7.51. The number of nitrogens with zero attached hydrogens (tertiary/aromatic N) is 1. The van der Waals surface area contributed by atoms with E-state index in [2.05, 4.69) is 10.3 Å². The Bertz CT molecular complexity index is 681. The normalized spacial score (nSPS) is 11.6. The first-order chi connectivity index (χ1) is 9.31. The van der Waals surface area contributed by atoms with Gasteiger partial charge in [-0.25, -0.2) is 4.98 Å². The number of hydrogen-bond donors (Lipinski definition) is 2. The number of carboxylic acids is 1. The predicted octanol–water partition coefficient (Wildman–Crippen LogP) is 3.39. The van der Waals surface area contributed by atoms with Gasteiger partial charge in [0.2, 0.25) is 5.91 Å². The maximum Gasteiger partial charge on any atom is 0.309 e. The highest BCUT2D eigenvalue weighted by molar-refractivity contribution is 7.16. The second kappa shape index (κ2) is 5.38. The predicted molar refractivity (Wildman–Crippen MR) is 79.3 cm³/mol. The Morgan fingerprint density at radius 1 is 1.45 bits per heavy atom. The Morgan fingerprint density at radius 2 is 2.15 bits per heavy atom. The van der Waals surface area contributed by atoms with E-state index in [1.165, 1.54) is 25.2 Å². The third kappa shape index (κ3) is 2.91. The number of anilines is 1. The summed E-state index contributed by atoms with van der Waals surface area (Å²) in [6, 6.07) is 3.51. The largest absolute Gasteiger partial charge is 0.481 e. The number of rotatable bonds is 4. The van der Waals surface area contributed by atoms with E-state index in [0.29, 0.717) is 16.2 Å². The van der Waals surface area contributed by atoms with Crippen molar-refractivity contribution in [1.29, 1.82) is 0 Å². The van der Waals surface area contributed by atoms with Gasteiger partial charge >= 0.3 is 5.97 Å². The average Bonchev–Trinajstić information content (AvgIpc) is 2.80. The van der Waals surface area contributed by atoms with Gasteiger partial charge < -0.3 is 10.4 Å². The van der Waals surface area contributed by atoms with E-state index in [1.54, 1.807) is 11.6 Å². The van der Waals surface area contributed by atoms with Gasteiger partial charge in [0.1, 0.15) is 5.52 Å². The number of aliphatic carboxylic acids is 1. The summed E-state index contributed by atoms with van der Waals surface area (Å²) in [5, 5.41) is 12.1. The van der Waals surface area contributed by atoms with E-state index in [9.17, 15) is 9.59 Å². The second-order valence-corrected chi connectivity index (χ2v) is 6.33. The van der Waals surface area contributed by atoms with Crippen LogP contribution in [-0.4, -0.2) is 22.0 Å². The van der Waals surface area contributed by atoms with Gasteiger partial charge in [-0.1, -0.05) is 11.6 Å². The fourth-order valence-corrected chi connectivity index (χ4v) is 2.57.